The molecule has 0 spiro atoms. The molecule has 2 aromatic rings. The predicted octanol–water partition coefficient (Wildman–Crippen LogP) is 1.55. The van der Waals surface area contributed by atoms with E-state index in [0.29, 0.717) is 11.6 Å². The summed E-state index contributed by atoms with van der Waals surface area (Å²) in [5, 5.41) is 8.77. The van der Waals surface area contributed by atoms with E-state index in [2.05, 4.69) is 9.97 Å². The number of aromatic nitrogens is 3. The smallest absolute Gasteiger partial charge is 0.356 e. The number of imidazole rings is 1. The van der Waals surface area contributed by atoms with Crippen molar-refractivity contribution in [1.29, 1.82) is 0 Å². The first-order chi connectivity index (χ1) is 7.08. The molecular formula is C10H11N3O2. The Bertz CT molecular complexity index is 516. The van der Waals surface area contributed by atoms with Gasteiger partial charge in [-0.2, -0.15) is 0 Å². The number of rotatable bonds is 2. The van der Waals surface area contributed by atoms with Gasteiger partial charge in [0.05, 0.1) is 0 Å². The summed E-state index contributed by atoms with van der Waals surface area (Å²) in [6, 6.07) is 1.80. The van der Waals surface area contributed by atoms with Gasteiger partial charge in [0.1, 0.15) is 12.0 Å². The van der Waals surface area contributed by atoms with Crippen molar-refractivity contribution in [3.05, 3.63) is 30.0 Å². The molecule has 2 heterocycles. The van der Waals surface area contributed by atoms with Crippen molar-refractivity contribution in [2.45, 2.75) is 19.8 Å². The van der Waals surface area contributed by atoms with Crippen LogP contribution in [0.25, 0.3) is 5.65 Å². The van der Waals surface area contributed by atoms with Gasteiger partial charge < -0.3 is 5.11 Å². The topological polar surface area (TPSA) is 67.5 Å². The van der Waals surface area contributed by atoms with E-state index in [4.69, 9.17) is 5.11 Å². The van der Waals surface area contributed by atoms with E-state index in [1.54, 1.807) is 16.8 Å². The zero-order chi connectivity index (χ0) is 11.0. The lowest BCUT2D eigenvalue weighted by atomic mass is 10.1. The molecule has 0 atom stereocenters. The Hall–Kier alpha value is -1.91. The minimum absolute atomic E-state index is 0.0395. The quantitative estimate of drug-likeness (QED) is 0.807. The Labute approximate surface area is 86.4 Å². The van der Waals surface area contributed by atoms with Crippen molar-refractivity contribution >= 4 is 11.6 Å². The van der Waals surface area contributed by atoms with E-state index < -0.39 is 5.97 Å². The summed E-state index contributed by atoms with van der Waals surface area (Å²) < 4.78 is 1.61. The van der Waals surface area contributed by atoms with E-state index in [0.717, 1.165) is 5.69 Å². The molecule has 0 aromatic carbocycles. The zero-order valence-electron chi connectivity index (χ0n) is 8.51. The Morgan fingerprint density at radius 2 is 2.27 bits per heavy atom. The molecule has 5 heteroatoms. The number of aromatic carboxylic acids is 1. The Balaban J connectivity index is 2.57. The fourth-order valence-corrected chi connectivity index (χ4v) is 1.32. The van der Waals surface area contributed by atoms with Gasteiger partial charge in [-0.25, -0.2) is 14.8 Å². The number of hydrogen-bond acceptors (Lipinski definition) is 3. The summed E-state index contributed by atoms with van der Waals surface area (Å²) in [5.41, 5.74) is 1.56. The minimum atomic E-state index is -1.02. The monoisotopic (exact) mass is 205 g/mol. The molecule has 2 rings (SSSR count). The average Bonchev–Trinajstić information content (AvgIpc) is 2.59. The maximum absolute atomic E-state index is 10.7. The molecule has 15 heavy (non-hydrogen) atoms. The molecule has 0 amide bonds. The Kier molecular flexibility index (Phi) is 2.15. The van der Waals surface area contributed by atoms with Crippen molar-refractivity contribution in [3.63, 3.8) is 0 Å². The third-order valence-corrected chi connectivity index (χ3v) is 2.18. The molecule has 0 unspecified atom stereocenters. The number of carboxylic acids is 1. The second-order valence-corrected chi connectivity index (χ2v) is 3.67. The normalized spacial score (nSPS) is 11.1. The van der Waals surface area contributed by atoms with Crippen LogP contribution in [0.5, 0.6) is 0 Å². The second-order valence-electron chi connectivity index (χ2n) is 3.67. The molecule has 0 aliphatic rings. The molecule has 2 aromatic heterocycles. The number of nitrogens with zero attached hydrogens (tertiary/aromatic N) is 3. The second kappa shape index (κ2) is 3.34. The number of hydrogen-bond donors (Lipinski definition) is 1. The van der Waals surface area contributed by atoms with Gasteiger partial charge >= 0.3 is 5.97 Å². The Morgan fingerprint density at radius 1 is 1.53 bits per heavy atom. The lowest BCUT2D eigenvalue weighted by Crippen LogP contribution is -1.95. The molecule has 1 N–H and O–H groups in total. The van der Waals surface area contributed by atoms with Crippen molar-refractivity contribution in [2.24, 2.45) is 0 Å². The lowest BCUT2D eigenvalue weighted by molar-refractivity contribution is 0.0691. The molecule has 78 valence electrons. The van der Waals surface area contributed by atoms with Crippen LogP contribution in [0.1, 0.15) is 35.9 Å². The summed E-state index contributed by atoms with van der Waals surface area (Å²) in [5.74, 6) is -0.718. The van der Waals surface area contributed by atoms with Crippen molar-refractivity contribution < 1.29 is 9.90 Å². The van der Waals surface area contributed by atoms with Crippen molar-refractivity contribution in [2.75, 3.05) is 0 Å². The van der Waals surface area contributed by atoms with Crippen molar-refractivity contribution in [3.8, 4) is 0 Å². The standard InChI is InChI=1S/C10H11N3O2/c1-6(2)7-3-9-12-8(10(14)15)4-13(9)5-11-7/h3-6H,1-2H3,(H,14,15). The van der Waals surface area contributed by atoms with Crippen LogP contribution >= 0.6 is 0 Å². The van der Waals surface area contributed by atoms with E-state index >= 15 is 0 Å². The summed E-state index contributed by atoms with van der Waals surface area (Å²) in [4.78, 5) is 18.9. The molecule has 0 aliphatic carbocycles. The highest BCUT2D eigenvalue weighted by molar-refractivity contribution is 5.86. The molecule has 0 radical (unpaired) electrons. The van der Waals surface area contributed by atoms with Crippen molar-refractivity contribution in [1.82, 2.24) is 14.4 Å². The van der Waals surface area contributed by atoms with Gasteiger partial charge in [-0.1, -0.05) is 13.8 Å². The SMILES string of the molecule is CC(C)c1cc2nc(C(=O)O)cn2cn1. The third kappa shape index (κ3) is 1.68. The molecule has 0 saturated carbocycles. The fraction of sp³-hybridized carbons (Fsp3) is 0.300. The fourth-order valence-electron chi connectivity index (χ4n) is 1.32. The van der Waals surface area contributed by atoms with E-state index in [1.807, 2.05) is 13.8 Å². The zero-order valence-corrected chi connectivity index (χ0v) is 8.51. The van der Waals surface area contributed by atoms with Gasteiger partial charge in [0, 0.05) is 18.0 Å². The summed E-state index contributed by atoms with van der Waals surface area (Å²) in [6.45, 7) is 4.06. The Morgan fingerprint density at radius 3 is 2.87 bits per heavy atom. The third-order valence-electron chi connectivity index (χ3n) is 2.18. The van der Waals surface area contributed by atoms with Gasteiger partial charge in [0.2, 0.25) is 0 Å². The van der Waals surface area contributed by atoms with Gasteiger partial charge in [0.25, 0.3) is 0 Å². The van der Waals surface area contributed by atoms with Gasteiger partial charge in [0.15, 0.2) is 5.69 Å². The predicted molar refractivity (Wildman–Crippen MR) is 54.0 cm³/mol. The lowest BCUT2D eigenvalue weighted by Gasteiger charge is -2.02. The molecular weight excluding hydrogens is 194 g/mol. The molecule has 0 aliphatic heterocycles. The first-order valence-electron chi connectivity index (χ1n) is 4.66. The number of fused-ring (bicyclic) bond motifs is 1. The molecule has 0 fully saturated rings. The van der Waals surface area contributed by atoms with Gasteiger partial charge in [-0.15, -0.1) is 0 Å². The number of carbonyl (C=O) groups is 1. The largest absolute Gasteiger partial charge is 0.476 e. The average molecular weight is 205 g/mol. The molecule has 0 saturated heterocycles. The van der Waals surface area contributed by atoms with E-state index in [1.165, 1.54) is 6.20 Å². The van der Waals surface area contributed by atoms with Gasteiger partial charge in [-0.05, 0) is 5.92 Å². The van der Waals surface area contributed by atoms with Crippen LogP contribution in [0.4, 0.5) is 0 Å². The van der Waals surface area contributed by atoms with E-state index in [9.17, 15) is 4.79 Å². The van der Waals surface area contributed by atoms with Crippen LogP contribution in [-0.2, 0) is 0 Å². The summed E-state index contributed by atoms with van der Waals surface area (Å²) >= 11 is 0. The van der Waals surface area contributed by atoms with Crippen LogP contribution in [0.2, 0.25) is 0 Å². The first kappa shape index (κ1) is 9.64. The maximum Gasteiger partial charge on any atom is 0.356 e. The minimum Gasteiger partial charge on any atom is -0.476 e. The van der Waals surface area contributed by atoms with Crippen LogP contribution in [-0.4, -0.2) is 25.4 Å². The highest BCUT2D eigenvalue weighted by Gasteiger charge is 2.10. The molecule has 0 bridgehead atoms. The summed E-state index contributed by atoms with van der Waals surface area (Å²) in [6.07, 6.45) is 3.04. The highest BCUT2D eigenvalue weighted by atomic mass is 16.4. The highest BCUT2D eigenvalue weighted by Crippen LogP contribution is 2.13. The van der Waals surface area contributed by atoms with E-state index in [-0.39, 0.29) is 5.69 Å². The summed E-state index contributed by atoms with van der Waals surface area (Å²) in [7, 11) is 0. The van der Waals surface area contributed by atoms with Gasteiger partial charge in [-0.3, -0.25) is 4.40 Å². The van der Waals surface area contributed by atoms with Crippen LogP contribution < -0.4 is 0 Å². The molecule has 5 nitrogen and oxygen atoms in total. The van der Waals surface area contributed by atoms with Crippen LogP contribution in [0.15, 0.2) is 18.6 Å². The van der Waals surface area contributed by atoms with Crippen LogP contribution in [0, 0.1) is 0 Å². The number of carboxylic acid groups (broad SMARTS) is 1. The first-order valence-corrected chi connectivity index (χ1v) is 4.66. The maximum atomic E-state index is 10.7. The van der Waals surface area contributed by atoms with Crippen LogP contribution in [0.3, 0.4) is 0 Å².